The standard InChI is InChI=1S/C47H61F9N2O10/c1-23(2)38-28(7)35(66-40(61)31-15-17-32(18-16-31)43(57-58-43)44(48,49)45(50,51)46(52,53)47(54,55)56)22-42(63,68-38)30(9)37(60)29(8)39-33(64-10)14-12-13-24(3)19-26(5)36(59)27(6)20-25(4)21-34(65-11)41(62)67-39/h12-18,20-21,23,26-30,33,35-39,59-60,63H,19,22H2,1-11H3/b14-12+,24-13+,25-20+,34-21-/t26-,27-,28+,29+,30+,33+,35-,36+,37-,38-,39-,42-/m1/s1. The predicted octanol–water partition coefficient (Wildman–Crippen LogP) is 9.64. The zero-order valence-corrected chi connectivity index (χ0v) is 39.5. The SMILES string of the molecule is CO/C1=C\C(C)=C\[C@@H](C)[C@@H](O)[C@H](C)C/C(C)=C/C=C/[C@H](OC)[C@@H]([C@@H](C)[C@@H](O)[C@H](C)[C@@]2(O)C[C@@H](OC(=O)c3ccc(C4(C(F)(F)C(F)(F)C(F)(F)C(F)(F)F)N=N4)cc3)[C@H](C)[C@@H](C(C)C)O2)OC1=O. The quantitative estimate of drug-likeness (QED) is 0.128. The number of hydrogen-bond acceptors (Lipinski definition) is 12. The first-order valence-corrected chi connectivity index (χ1v) is 22.0. The minimum Gasteiger partial charge on any atom is -0.490 e. The van der Waals surface area contributed by atoms with Crippen molar-refractivity contribution in [3.63, 3.8) is 0 Å². The summed E-state index contributed by atoms with van der Waals surface area (Å²) < 4.78 is 154. The Kier molecular flexibility index (Phi) is 17.3. The molecular formula is C47H61F9N2O10. The molecule has 1 saturated heterocycles. The molecule has 21 heteroatoms. The van der Waals surface area contributed by atoms with Crippen molar-refractivity contribution in [3.05, 3.63) is 82.7 Å². The van der Waals surface area contributed by atoms with Gasteiger partial charge in [-0.3, -0.25) is 0 Å². The summed E-state index contributed by atoms with van der Waals surface area (Å²) in [6.07, 6.45) is -5.06. The highest BCUT2D eigenvalue weighted by Gasteiger charge is 2.88. The number of carbonyl (C=O) groups excluding carboxylic acids is 2. The molecule has 0 aromatic heterocycles. The number of cyclic esters (lactones) is 1. The Morgan fingerprint density at radius 3 is 2.01 bits per heavy atom. The lowest BCUT2D eigenvalue weighted by Gasteiger charge is -2.50. The van der Waals surface area contributed by atoms with Crippen LogP contribution in [0.2, 0.25) is 0 Å². The number of hydrogen-bond donors (Lipinski definition) is 3. The van der Waals surface area contributed by atoms with Crippen molar-refractivity contribution in [2.75, 3.05) is 14.2 Å². The van der Waals surface area contributed by atoms with Gasteiger partial charge in [0.25, 0.3) is 5.66 Å². The van der Waals surface area contributed by atoms with E-state index in [0.717, 1.165) is 17.7 Å². The summed E-state index contributed by atoms with van der Waals surface area (Å²) in [6, 6.07) is 2.68. The Hall–Kier alpha value is -4.31. The van der Waals surface area contributed by atoms with Gasteiger partial charge in [-0.25, -0.2) is 9.59 Å². The van der Waals surface area contributed by atoms with Gasteiger partial charge >= 0.3 is 35.9 Å². The van der Waals surface area contributed by atoms with Crippen LogP contribution in [0.25, 0.3) is 0 Å². The number of allylic oxidation sites excluding steroid dienone is 5. The largest absolute Gasteiger partial charge is 0.490 e. The molecule has 3 aliphatic heterocycles. The predicted molar refractivity (Wildman–Crippen MR) is 227 cm³/mol. The van der Waals surface area contributed by atoms with Gasteiger partial charge in [-0.2, -0.15) is 39.5 Å². The van der Waals surface area contributed by atoms with Crippen molar-refractivity contribution in [3.8, 4) is 0 Å². The van der Waals surface area contributed by atoms with E-state index in [0.29, 0.717) is 24.1 Å². The third-order valence-corrected chi connectivity index (χ3v) is 13.1. The number of rotatable bonds is 13. The Balaban J connectivity index is 1.63. The lowest BCUT2D eigenvalue weighted by Crippen LogP contribution is -2.64. The van der Waals surface area contributed by atoms with Crippen LogP contribution in [0.15, 0.2) is 81.8 Å². The van der Waals surface area contributed by atoms with Crippen molar-refractivity contribution < 1.29 is 88.1 Å². The summed E-state index contributed by atoms with van der Waals surface area (Å²) in [6.45, 7) is 15.6. The van der Waals surface area contributed by atoms with Crippen molar-refractivity contribution in [2.45, 2.75) is 147 Å². The molecule has 0 amide bonds. The fourth-order valence-electron chi connectivity index (χ4n) is 8.78. The van der Waals surface area contributed by atoms with Gasteiger partial charge in [-0.1, -0.05) is 96.0 Å². The van der Waals surface area contributed by atoms with Crippen LogP contribution in [-0.2, 0) is 34.1 Å². The van der Waals surface area contributed by atoms with Crippen LogP contribution in [0.5, 0.6) is 0 Å². The maximum atomic E-state index is 15.0. The van der Waals surface area contributed by atoms with Gasteiger partial charge in [0.1, 0.15) is 18.3 Å². The third kappa shape index (κ3) is 11.2. The highest BCUT2D eigenvalue weighted by Crippen LogP contribution is 2.63. The lowest BCUT2D eigenvalue weighted by atomic mass is 9.76. The molecule has 3 N–H and O–H groups in total. The zero-order valence-electron chi connectivity index (χ0n) is 39.5. The van der Waals surface area contributed by atoms with E-state index in [9.17, 15) is 64.4 Å². The van der Waals surface area contributed by atoms with Gasteiger partial charge in [0, 0.05) is 42.8 Å². The van der Waals surface area contributed by atoms with Crippen LogP contribution in [0, 0.1) is 35.5 Å². The molecule has 0 aliphatic carbocycles. The van der Waals surface area contributed by atoms with E-state index >= 15 is 0 Å². The van der Waals surface area contributed by atoms with E-state index in [-0.39, 0.29) is 23.5 Å². The van der Waals surface area contributed by atoms with E-state index in [1.54, 1.807) is 52.8 Å². The number of alkyl halides is 9. The van der Waals surface area contributed by atoms with E-state index in [1.165, 1.54) is 27.2 Å². The number of aliphatic hydroxyl groups excluding tert-OH is 2. The number of nitrogens with zero attached hydrogens (tertiary/aromatic N) is 2. The molecule has 0 saturated carbocycles. The number of halogens is 9. The van der Waals surface area contributed by atoms with E-state index in [4.69, 9.17) is 23.7 Å². The molecule has 12 nitrogen and oxygen atoms in total. The maximum Gasteiger partial charge on any atom is 0.460 e. The van der Waals surface area contributed by atoms with Gasteiger partial charge in [0.15, 0.2) is 5.79 Å². The van der Waals surface area contributed by atoms with Gasteiger partial charge in [0.2, 0.25) is 5.76 Å². The fraction of sp³-hybridized carbons (Fsp3) is 0.660. The first-order chi connectivity index (χ1) is 31.2. The molecule has 0 spiro atoms. The van der Waals surface area contributed by atoms with E-state index < -0.39 is 119 Å². The molecule has 4 rings (SSSR count). The molecule has 3 heterocycles. The zero-order chi connectivity index (χ0) is 51.7. The number of methoxy groups -OCH3 is 2. The van der Waals surface area contributed by atoms with Crippen molar-refractivity contribution in [1.82, 2.24) is 0 Å². The molecule has 1 aromatic rings. The average molecular weight is 985 g/mol. The second kappa shape index (κ2) is 21.0. The Bertz CT molecular complexity index is 2100. The lowest BCUT2D eigenvalue weighted by molar-refractivity contribution is -0.402. The maximum absolute atomic E-state index is 15.0. The van der Waals surface area contributed by atoms with Crippen LogP contribution < -0.4 is 0 Å². The molecular weight excluding hydrogens is 924 g/mol. The first-order valence-electron chi connectivity index (χ1n) is 22.0. The number of carbonyl (C=O) groups is 2. The molecule has 3 aliphatic rings. The summed E-state index contributed by atoms with van der Waals surface area (Å²) in [5.74, 6) is -28.6. The minimum atomic E-state index is -7.18. The summed E-state index contributed by atoms with van der Waals surface area (Å²) in [4.78, 5) is 27.4. The fourth-order valence-corrected chi connectivity index (χ4v) is 8.78. The summed E-state index contributed by atoms with van der Waals surface area (Å²) in [7, 11) is 2.64. The second-order valence-electron chi connectivity index (χ2n) is 18.6. The molecule has 0 unspecified atom stereocenters. The van der Waals surface area contributed by atoms with E-state index in [1.807, 2.05) is 26.8 Å². The summed E-state index contributed by atoms with van der Waals surface area (Å²) in [5, 5.41) is 40.9. The van der Waals surface area contributed by atoms with Crippen LogP contribution >= 0.6 is 0 Å². The Labute approximate surface area is 389 Å². The molecule has 382 valence electrons. The van der Waals surface area contributed by atoms with Crippen molar-refractivity contribution in [2.24, 2.45) is 45.7 Å². The highest BCUT2D eigenvalue weighted by molar-refractivity contribution is 5.89. The van der Waals surface area contributed by atoms with Crippen molar-refractivity contribution >= 4 is 11.9 Å². The number of ether oxygens (including phenoxy) is 5. The van der Waals surface area contributed by atoms with Gasteiger partial charge in [-0.15, -0.1) is 10.2 Å². The van der Waals surface area contributed by atoms with Crippen LogP contribution in [0.3, 0.4) is 0 Å². The molecule has 68 heavy (non-hydrogen) atoms. The minimum absolute atomic E-state index is 0.130. The normalized spacial score (nSPS) is 33.1. The summed E-state index contributed by atoms with van der Waals surface area (Å²) >= 11 is 0. The molecule has 0 bridgehead atoms. The molecule has 12 atom stereocenters. The number of aliphatic hydroxyl groups is 3. The second-order valence-corrected chi connectivity index (χ2v) is 18.6. The Morgan fingerprint density at radius 2 is 1.50 bits per heavy atom. The van der Waals surface area contributed by atoms with Gasteiger partial charge < -0.3 is 39.0 Å². The first kappa shape index (κ1) is 56.3. The highest BCUT2D eigenvalue weighted by atomic mass is 19.4. The molecule has 0 radical (unpaired) electrons. The van der Waals surface area contributed by atoms with Gasteiger partial charge in [-0.05, 0) is 50.3 Å². The van der Waals surface area contributed by atoms with Crippen LogP contribution in [0.1, 0.15) is 91.1 Å². The molecule has 1 aromatic carbocycles. The van der Waals surface area contributed by atoms with Crippen LogP contribution in [-0.4, -0.2) is 108 Å². The Morgan fingerprint density at radius 1 is 0.912 bits per heavy atom. The smallest absolute Gasteiger partial charge is 0.460 e. The molecule has 1 fully saturated rings. The monoisotopic (exact) mass is 984 g/mol. The number of benzene rings is 1. The topological polar surface area (TPSA) is 166 Å². The summed E-state index contributed by atoms with van der Waals surface area (Å²) in [5.41, 5.74) is -3.75. The van der Waals surface area contributed by atoms with Gasteiger partial charge in [0.05, 0.1) is 31.0 Å². The third-order valence-electron chi connectivity index (χ3n) is 13.1. The van der Waals surface area contributed by atoms with Crippen molar-refractivity contribution in [1.29, 1.82) is 0 Å². The average Bonchev–Trinajstić information content (AvgIpc) is 4.08. The van der Waals surface area contributed by atoms with E-state index in [2.05, 4.69) is 10.2 Å². The number of esters is 2. The van der Waals surface area contributed by atoms with Crippen LogP contribution in [0.4, 0.5) is 39.5 Å².